The lowest BCUT2D eigenvalue weighted by atomic mass is 9.95. The van der Waals surface area contributed by atoms with Gasteiger partial charge in [-0.25, -0.2) is 9.36 Å². The van der Waals surface area contributed by atoms with Gasteiger partial charge in [0.1, 0.15) is 6.54 Å². The predicted molar refractivity (Wildman–Crippen MR) is 117 cm³/mol. The van der Waals surface area contributed by atoms with E-state index in [4.69, 9.17) is 0 Å². The molecule has 31 heavy (non-hydrogen) atoms. The van der Waals surface area contributed by atoms with Crippen molar-refractivity contribution in [2.24, 2.45) is 0 Å². The average molecular weight is 417 g/mol. The van der Waals surface area contributed by atoms with Crippen molar-refractivity contribution < 1.29 is 9.53 Å². The highest BCUT2D eigenvalue weighted by molar-refractivity contribution is 5.70. The van der Waals surface area contributed by atoms with Gasteiger partial charge in [-0.2, -0.15) is 5.26 Å². The van der Waals surface area contributed by atoms with Gasteiger partial charge in [-0.1, -0.05) is 55.8 Å². The largest absolute Gasteiger partial charge is 0.468 e. The summed E-state index contributed by atoms with van der Waals surface area (Å²) in [5.41, 5.74) is 2.29. The monoisotopic (exact) mass is 417 g/mol. The van der Waals surface area contributed by atoms with Crippen molar-refractivity contribution in [3.63, 3.8) is 0 Å². The minimum Gasteiger partial charge on any atom is -0.468 e. The van der Waals surface area contributed by atoms with Crippen LogP contribution in [0.2, 0.25) is 0 Å². The number of nitrogens with zero attached hydrogens (tertiary/aromatic N) is 3. The number of hydrogen-bond donors (Lipinski definition) is 0. The molecule has 0 aliphatic heterocycles. The molecule has 1 heterocycles. The van der Waals surface area contributed by atoms with Gasteiger partial charge in [-0.05, 0) is 29.2 Å². The van der Waals surface area contributed by atoms with Crippen LogP contribution < -0.4 is 11.2 Å². The SMILES string of the molecule is CCCc1cc(=O)n(CC(=O)OC)c(=O)n1Cc1c(C#N)cccc1-c1ccccc1. The third-order valence-electron chi connectivity index (χ3n) is 5.08. The Morgan fingerprint density at radius 2 is 1.81 bits per heavy atom. The average Bonchev–Trinajstić information content (AvgIpc) is 2.79. The van der Waals surface area contributed by atoms with Crippen molar-refractivity contribution in [1.82, 2.24) is 9.13 Å². The molecule has 3 rings (SSSR count). The Balaban J connectivity index is 2.22. The lowest BCUT2D eigenvalue weighted by Crippen LogP contribution is -2.43. The Morgan fingerprint density at radius 1 is 1.06 bits per heavy atom. The number of benzene rings is 2. The molecule has 7 heteroatoms. The number of aromatic nitrogens is 2. The summed E-state index contributed by atoms with van der Waals surface area (Å²) in [5, 5.41) is 9.71. The highest BCUT2D eigenvalue weighted by Gasteiger charge is 2.17. The second-order valence-corrected chi connectivity index (χ2v) is 7.06. The zero-order valence-electron chi connectivity index (χ0n) is 17.5. The highest BCUT2D eigenvalue weighted by atomic mass is 16.5. The zero-order valence-corrected chi connectivity index (χ0v) is 17.5. The fourth-order valence-electron chi connectivity index (χ4n) is 3.54. The number of hydrogen-bond acceptors (Lipinski definition) is 5. The van der Waals surface area contributed by atoms with Crippen LogP contribution in [0.3, 0.4) is 0 Å². The lowest BCUT2D eigenvalue weighted by Gasteiger charge is -2.18. The van der Waals surface area contributed by atoms with Crippen LogP contribution in [0, 0.1) is 11.3 Å². The summed E-state index contributed by atoms with van der Waals surface area (Å²) in [6.45, 7) is 1.59. The number of ether oxygens (including phenoxy) is 1. The van der Waals surface area contributed by atoms with Crippen LogP contribution in [0.1, 0.15) is 30.2 Å². The summed E-state index contributed by atoms with van der Waals surface area (Å²) in [6, 6.07) is 18.6. The van der Waals surface area contributed by atoms with E-state index in [2.05, 4.69) is 10.8 Å². The number of carbonyl (C=O) groups is 1. The maximum atomic E-state index is 13.2. The van der Waals surface area contributed by atoms with Crippen LogP contribution in [0.25, 0.3) is 11.1 Å². The normalized spacial score (nSPS) is 10.5. The van der Waals surface area contributed by atoms with E-state index >= 15 is 0 Å². The maximum absolute atomic E-state index is 13.2. The van der Waals surface area contributed by atoms with Crippen LogP contribution >= 0.6 is 0 Å². The van der Waals surface area contributed by atoms with E-state index < -0.39 is 23.8 Å². The first-order valence-corrected chi connectivity index (χ1v) is 9.98. The minimum absolute atomic E-state index is 0.101. The van der Waals surface area contributed by atoms with E-state index in [1.54, 1.807) is 12.1 Å². The molecule has 0 amide bonds. The molecule has 3 aromatic rings. The number of methoxy groups -OCH3 is 1. The van der Waals surface area contributed by atoms with Crippen molar-refractivity contribution in [1.29, 1.82) is 5.26 Å². The fraction of sp³-hybridized carbons (Fsp3) is 0.250. The molecular weight excluding hydrogens is 394 g/mol. The number of aryl methyl sites for hydroxylation is 1. The Kier molecular flexibility index (Phi) is 6.83. The van der Waals surface area contributed by atoms with Crippen molar-refractivity contribution in [3.8, 4) is 17.2 Å². The smallest absolute Gasteiger partial charge is 0.332 e. The molecule has 0 bridgehead atoms. The maximum Gasteiger partial charge on any atom is 0.332 e. The van der Waals surface area contributed by atoms with E-state index in [9.17, 15) is 19.6 Å². The molecule has 2 aromatic carbocycles. The van der Waals surface area contributed by atoms with Gasteiger partial charge in [0.05, 0.1) is 25.3 Å². The van der Waals surface area contributed by atoms with Crippen molar-refractivity contribution in [3.05, 3.63) is 92.3 Å². The summed E-state index contributed by atoms with van der Waals surface area (Å²) < 4.78 is 6.96. The first-order chi connectivity index (χ1) is 15.0. The molecule has 0 spiro atoms. The van der Waals surface area contributed by atoms with Crippen LogP contribution in [0.15, 0.2) is 64.2 Å². The summed E-state index contributed by atoms with van der Waals surface area (Å²) in [7, 11) is 1.20. The quantitative estimate of drug-likeness (QED) is 0.551. The molecule has 0 fully saturated rings. The Labute approximate surface area is 179 Å². The van der Waals surface area contributed by atoms with Gasteiger partial charge in [0.2, 0.25) is 0 Å². The molecule has 158 valence electrons. The predicted octanol–water partition coefficient (Wildman–Crippen LogP) is 2.72. The van der Waals surface area contributed by atoms with Gasteiger partial charge in [0.25, 0.3) is 5.56 Å². The molecule has 0 saturated heterocycles. The molecule has 0 aliphatic rings. The Bertz CT molecular complexity index is 1250. The van der Waals surface area contributed by atoms with Crippen LogP contribution in [0.5, 0.6) is 0 Å². The van der Waals surface area contributed by atoms with Gasteiger partial charge in [0.15, 0.2) is 0 Å². The Morgan fingerprint density at radius 3 is 2.45 bits per heavy atom. The molecule has 0 N–H and O–H groups in total. The summed E-state index contributed by atoms with van der Waals surface area (Å²) in [5.74, 6) is -0.684. The van der Waals surface area contributed by atoms with Crippen LogP contribution in [-0.4, -0.2) is 22.2 Å². The second-order valence-electron chi connectivity index (χ2n) is 7.06. The van der Waals surface area contributed by atoms with E-state index in [0.29, 0.717) is 23.2 Å². The first-order valence-electron chi connectivity index (χ1n) is 9.98. The summed E-state index contributed by atoms with van der Waals surface area (Å²) in [6.07, 6.45) is 1.24. The van der Waals surface area contributed by atoms with Crippen molar-refractivity contribution in [2.45, 2.75) is 32.9 Å². The van der Waals surface area contributed by atoms with Crippen LogP contribution in [-0.2, 0) is 29.0 Å². The van der Waals surface area contributed by atoms with Crippen molar-refractivity contribution in [2.75, 3.05) is 7.11 Å². The topological polar surface area (TPSA) is 94.1 Å². The number of carbonyl (C=O) groups excluding carboxylic acids is 1. The summed E-state index contributed by atoms with van der Waals surface area (Å²) in [4.78, 5) is 37.4. The standard InChI is InChI=1S/C24H23N3O4/c1-3-8-19-13-22(28)27(16-23(29)31-2)24(30)26(19)15-21-18(14-25)11-7-12-20(21)17-9-5-4-6-10-17/h4-7,9-13H,3,8,15-16H2,1-2H3. The highest BCUT2D eigenvalue weighted by Crippen LogP contribution is 2.27. The number of nitriles is 1. The molecule has 1 aromatic heterocycles. The van der Waals surface area contributed by atoms with Crippen LogP contribution in [0.4, 0.5) is 0 Å². The molecule has 0 atom stereocenters. The molecule has 0 saturated carbocycles. The van der Waals surface area contributed by atoms with Gasteiger partial charge in [0, 0.05) is 11.8 Å². The third-order valence-corrected chi connectivity index (χ3v) is 5.08. The molecule has 0 aliphatic carbocycles. The number of esters is 1. The van der Waals surface area contributed by atoms with E-state index in [1.807, 2.05) is 43.3 Å². The summed E-state index contributed by atoms with van der Waals surface area (Å²) >= 11 is 0. The van der Waals surface area contributed by atoms with Gasteiger partial charge in [-0.15, -0.1) is 0 Å². The first kappa shape index (κ1) is 21.8. The lowest BCUT2D eigenvalue weighted by molar-refractivity contribution is -0.141. The van der Waals surface area contributed by atoms with Gasteiger partial charge in [-0.3, -0.25) is 14.2 Å². The minimum atomic E-state index is -0.684. The molecular formula is C24H23N3O4. The van der Waals surface area contributed by atoms with Crippen molar-refractivity contribution >= 4 is 5.97 Å². The van der Waals surface area contributed by atoms with E-state index in [-0.39, 0.29) is 6.54 Å². The zero-order chi connectivity index (χ0) is 22.4. The number of rotatable bonds is 7. The molecule has 7 nitrogen and oxygen atoms in total. The third kappa shape index (κ3) is 4.64. The van der Waals surface area contributed by atoms with Gasteiger partial charge >= 0.3 is 11.7 Å². The second kappa shape index (κ2) is 9.72. The van der Waals surface area contributed by atoms with E-state index in [1.165, 1.54) is 17.7 Å². The molecule has 0 radical (unpaired) electrons. The Hall–Kier alpha value is -3.92. The van der Waals surface area contributed by atoms with Gasteiger partial charge < -0.3 is 4.74 Å². The fourth-order valence-corrected chi connectivity index (χ4v) is 3.54. The molecule has 0 unspecified atom stereocenters. The van der Waals surface area contributed by atoms with E-state index in [0.717, 1.165) is 22.1 Å².